The summed E-state index contributed by atoms with van der Waals surface area (Å²) in [6.07, 6.45) is 6.77. The molecule has 0 bridgehead atoms. The van der Waals surface area contributed by atoms with Crippen molar-refractivity contribution in [2.75, 3.05) is 13.1 Å². The lowest BCUT2D eigenvalue weighted by Gasteiger charge is -2.33. The summed E-state index contributed by atoms with van der Waals surface area (Å²) in [7, 11) is 0. The van der Waals surface area contributed by atoms with Crippen LogP contribution in [0, 0.1) is 11.7 Å². The zero-order valence-corrected chi connectivity index (χ0v) is 11.4. The van der Waals surface area contributed by atoms with E-state index < -0.39 is 0 Å². The molecule has 3 atom stereocenters. The van der Waals surface area contributed by atoms with Crippen molar-refractivity contribution in [3.8, 4) is 0 Å². The monoisotopic (exact) mass is 262 g/mol. The number of rotatable bonds is 3. The van der Waals surface area contributed by atoms with E-state index in [0.29, 0.717) is 0 Å². The van der Waals surface area contributed by atoms with Crippen LogP contribution in [0.1, 0.15) is 43.7 Å². The standard InChI is InChI=1S/C16H23FN2/c17-14-6-3-5-13(10-14)15(18)11-19-9-8-12-4-1-2-7-16(12)19/h3,5-6,10,12,15-16H,1-2,4,7-9,11,18H2. The van der Waals surface area contributed by atoms with Gasteiger partial charge in [0, 0.05) is 18.6 Å². The van der Waals surface area contributed by atoms with E-state index in [1.165, 1.54) is 44.7 Å². The average molecular weight is 262 g/mol. The molecule has 2 nitrogen and oxygen atoms in total. The summed E-state index contributed by atoms with van der Waals surface area (Å²) < 4.78 is 13.2. The van der Waals surface area contributed by atoms with Crippen LogP contribution in [0.2, 0.25) is 0 Å². The summed E-state index contributed by atoms with van der Waals surface area (Å²) in [5, 5.41) is 0. The minimum atomic E-state index is -0.190. The molecule has 2 fully saturated rings. The molecule has 0 spiro atoms. The summed E-state index contributed by atoms with van der Waals surface area (Å²) in [6, 6.07) is 7.38. The molecule has 3 heteroatoms. The van der Waals surface area contributed by atoms with Gasteiger partial charge in [-0.3, -0.25) is 4.90 Å². The van der Waals surface area contributed by atoms with Gasteiger partial charge in [0.25, 0.3) is 0 Å². The van der Waals surface area contributed by atoms with E-state index in [-0.39, 0.29) is 11.9 Å². The Bertz CT molecular complexity index is 435. The highest BCUT2D eigenvalue weighted by Gasteiger charge is 2.36. The van der Waals surface area contributed by atoms with Crippen molar-refractivity contribution in [2.24, 2.45) is 11.7 Å². The second kappa shape index (κ2) is 5.59. The highest BCUT2D eigenvalue weighted by Crippen LogP contribution is 2.36. The van der Waals surface area contributed by atoms with Crippen LogP contribution < -0.4 is 5.73 Å². The second-order valence-electron chi connectivity index (χ2n) is 6.06. The lowest BCUT2D eigenvalue weighted by atomic mass is 9.85. The van der Waals surface area contributed by atoms with Crippen molar-refractivity contribution >= 4 is 0 Å². The molecule has 1 aromatic carbocycles. The summed E-state index contributed by atoms with van der Waals surface area (Å²) in [4.78, 5) is 2.54. The van der Waals surface area contributed by atoms with Crippen molar-refractivity contribution in [3.05, 3.63) is 35.6 Å². The highest BCUT2D eigenvalue weighted by molar-refractivity contribution is 5.20. The fourth-order valence-electron chi connectivity index (χ4n) is 3.82. The number of fused-ring (bicyclic) bond motifs is 1. The van der Waals surface area contributed by atoms with Gasteiger partial charge < -0.3 is 5.73 Å². The van der Waals surface area contributed by atoms with Gasteiger partial charge in [0.05, 0.1) is 0 Å². The Kier molecular flexibility index (Phi) is 3.85. The van der Waals surface area contributed by atoms with Gasteiger partial charge in [-0.15, -0.1) is 0 Å². The number of hydrogen-bond acceptors (Lipinski definition) is 2. The van der Waals surface area contributed by atoms with Gasteiger partial charge in [-0.2, -0.15) is 0 Å². The third-order valence-corrected chi connectivity index (χ3v) is 4.83. The number of halogens is 1. The van der Waals surface area contributed by atoms with Gasteiger partial charge in [0.2, 0.25) is 0 Å². The van der Waals surface area contributed by atoms with E-state index in [1.54, 1.807) is 12.1 Å². The minimum absolute atomic E-state index is 0.0728. The van der Waals surface area contributed by atoms with Crippen LogP contribution in [-0.2, 0) is 0 Å². The van der Waals surface area contributed by atoms with Crippen LogP contribution in [0.3, 0.4) is 0 Å². The summed E-state index contributed by atoms with van der Waals surface area (Å²) in [5.74, 6) is 0.693. The lowest BCUT2D eigenvalue weighted by molar-refractivity contribution is 0.174. The van der Waals surface area contributed by atoms with Crippen LogP contribution in [-0.4, -0.2) is 24.0 Å². The fourth-order valence-corrected chi connectivity index (χ4v) is 3.82. The molecule has 1 heterocycles. The molecule has 2 N–H and O–H groups in total. The third kappa shape index (κ3) is 2.82. The average Bonchev–Trinajstić information content (AvgIpc) is 2.82. The van der Waals surface area contributed by atoms with Gasteiger partial charge in [0.15, 0.2) is 0 Å². The number of hydrogen-bond donors (Lipinski definition) is 1. The summed E-state index contributed by atoms with van der Waals surface area (Å²) in [5.41, 5.74) is 7.17. The van der Waals surface area contributed by atoms with E-state index in [2.05, 4.69) is 4.90 Å². The maximum Gasteiger partial charge on any atom is 0.123 e. The molecular weight excluding hydrogens is 239 g/mol. The SMILES string of the molecule is NC(CN1CCC2CCCCC21)c1cccc(F)c1. The smallest absolute Gasteiger partial charge is 0.123 e. The maximum absolute atomic E-state index is 13.2. The van der Waals surface area contributed by atoms with Crippen LogP contribution in [0.5, 0.6) is 0 Å². The Morgan fingerprint density at radius 3 is 2.95 bits per heavy atom. The van der Waals surface area contributed by atoms with Gasteiger partial charge in [0.1, 0.15) is 5.82 Å². The zero-order chi connectivity index (χ0) is 13.2. The Labute approximate surface area is 114 Å². The first-order chi connectivity index (χ1) is 9.24. The second-order valence-corrected chi connectivity index (χ2v) is 6.06. The molecule has 1 aromatic rings. The molecule has 19 heavy (non-hydrogen) atoms. The lowest BCUT2D eigenvalue weighted by Crippen LogP contribution is -2.39. The summed E-state index contributed by atoms with van der Waals surface area (Å²) >= 11 is 0. The quantitative estimate of drug-likeness (QED) is 0.907. The van der Waals surface area contributed by atoms with Crippen LogP contribution in [0.4, 0.5) is 4.39 Å². The first-order valence-electron chi connectivity index (χ1n) is 7.49. The van der Waals surface area contributed by atoms with Gasteiger partial charge in [-0.05, 0) is 49.4 Å². The molecule has 2 aliphatic rings. The first kappa shape index (κ1) is 13.1. The molecule has 0 radical (unpaired) electrons. The molecule has 3 rings (SSSR count). The Morgan fingerprint density at radius 1 is 1.26 bits per heavy atom. The van der Waals surface area contributed by atoms with E-state index in [9.17, 15) is 4.39 Å². The number of likely N-dealkylation sites (tertiary alicyclic amines) is 1. The predicted molar refractivity (Wildman–Crippen MR) is 75.3 cm³/mol. The van der Waals surface area contributed by atoms with Crippen molar-refractivity contribution in [1.29, 1.82) is 0 Å². The number of benzene rings is 1. The topological polar surface area (TPSA) is 29.3 Å². The van der Waals surface area contributed by atoms with E-state index in [4.69, 9.17) is 5.73 Å². The number of nitrogens with zero attached hydrogens (tertiary/aromatic N) is 1. The van der Waals surface area contributed by atoms with Gasteiger partial charge >= 0.3 is 0 Å². The Hall–Kier alpha value is -0.930. The van der Waals surface area contributed by atoms with Crippen molar-refractivity contribution in [1.82, 2.24) is 4.90 Å². The Morgan fingerprint density at radius 2 is 2.11 bits per heavy atom. The molecule has 104 valence electrons. The third-order valence-electron chi connectivity index (χ3n) is 4.83. The van der Waals surface area contributed by atoms with Crippen molar-refractivity contribution < 1.29 is 4.39 Å². The molecule has 1 saturated carbocycles. The number of nitrogens with two attached hydrogens (primary N) is 1. The molecule has 0 amide bonds. The van der Waals surface area contributed by atoms with Gasteiger partial charge in [-0.25, -0.2) is 4.39 Å². The van der Waals surface area contributed by atoms with E-state index in [1.807, 2.05) is 6.07 Å². The van der Waals surface area contributed by atoms with Crippen LogP contribution in [0.25, 0.3) is 0 Å². The predicted octanol–water partition coefficient (Wildman–Crippen LogP) is 3.09. The summed E-state index contributed by atoms with van der Waals surface area (Å²) in [6.45, 7) is 2.03. The minimum Gasteiger partial charge on any atom is -0.323 e. The van der Waals surface area contributed by atoms with Crippen molar-refractivity contribution in [2.45, 2.75) is 44.2 Å². The molecule has 1 saturated heterocycles. The van der Waals surface area contributed by atoms with E-state index >= 15 is 0 Å². The van der Waals surface area contributed by atoms with Crippen LogP contribution in [0.15, 0.2) is 24.3 Å². The van der Waals surface area contributed by atoms with Gasteiger partial charge in [-0.1, -0.05) is 25.0 Å². The molecule has 1 aliphatic carbocycles. The highest BCUT2D eigenvalue weighted by atomic mass is 19.1. The van der Waals surface area contributed by atoms with Crippen molar-refractivity contribution in [3.63, 3.8) is 0 Å². The molecular formula is C16H23FN2. The Balaban J connectivity index is 1.65. The largest absolute Gasteiger partial charge is 0.323 e. The molecule has 0 aromatic heterocycles. The van der Waals surface area contributed by atoms with Crippen LogP contribution >= 0.6 is 0 Å². The fraction of sp³-hybridized carbons (Fsp3) is 0.625. The zero-order valence-electron chi connectivity index (χ0n) is 11.4. The normalized spacial score (nSPS) is 29.2. The first-order valence-corrected chi connectivity index (χ1v) is 7.49. The molecule has 1 aliphatic heterocycles. The van der Waals surface area contributed by atoms with E-state index in [0.717, 1.165) is 24.1 Å². The molecule has 3 unspecified atom stereocenters. The maximum atomic E-state index is 13.2.